The number of aromatic nitrogens is 3. The molecule has 0 aliphatic carbocycles. The number of carbonyl (C=O) groups excluding carboxylic acids is 1. The Morgan fingerprint density at radius 3 is 2.79 bits per heavy atom. The minimum absolute atomic E-state index is 0.261. The predicted octanol–water partition coefficient (Wildman–Crippen LogP) is 4.71. The van der Waals surface area contributed by atoms with E-state index in [2.05, 4.69) is 20.3 Å². The quantitative estimate of drug-likeness (QED) is 0.534. The molecule has 3 heterocycles. The number of nitrogens with zero attached hydrogens (tertiary/aromatic N) is 3. The molecule has 4 aromatic rings. The van der Waals surface area contributed by atoms with E-state index in [0.29, 0.717) is 18.1 Å². The zero-order valence-electron chi connectivity index (χ0n) is 15.5. The number of anilines is 1. The van der Waals surface area contributed by atoms with Gasteiger partial charge in [0.05, 0.1) is 6.61 Å². The predicted molar refractivity (Wildman–Crippen MR) is 111 cm³/mol. The van der Waals surface area contributed by atoms with Crippen LogP contribution >= 0.6 is 11.3 Å². The maximum atomic E-state index is 12.8. The van der Waals surface area contributed by atoms with Gasteiger partial charge in [0.1, 0.15) is 20.9 Å². The number of benzene rings is 1. The van der Waals surface area contributed by atoms with Gasteiger partial charge in [-0.1, -0.05) is 23.5 Å². The van der Waals surface area contributed by atoms with Gasteiger partial charge < -0.3 is 10.1 Å². The van der Waals surface area contributed by atoms with Crippen LogP contribution in [0, 0.1) is 6.92 Å². The third-order valence-corrected chi connectivity index (χ3v) is 5.22. The Morgan fingerprint density at radius 1 is 1.14 bits per heavy atom. The summed E-state index contributed by atoms with van der Waals surface area (Å²) in [5, 5.41) is 3.83. The van der Waals surface area contributed by atoms with Crippen molar-refractivity contribution in [2.24, 2.45) is 0 Å². The highest BCUT2D eigenvalue weighted by atomic mass is 32.1. The monoisotopic (exact) mass is 390 g/mol. The first kappa shape index (κ1) is 18.1. The van der Waals surface area contributed by atoms with Gasteiger partial charge in [-0.05, 0) is 49.7 Å². The molecule has 1 amide bonds. The summed E-state index contributed by atoms with van der Waals surface area (Å²) in [7, 11) is 0. The zero-order valence-corrected chi connectivity index (χ0v) is 16.3. The molecule has 0 saturated carbocycles. The van der Waals surface area contributed by atoms with Crippen molar-refractivity contribution in [3.63, 3.8) is 0 Å². The van der Waals surface area contributed by atoms with Crippen LogP contribution in [0.5, 0.6) is 5.88 Å². The number of hydrogen-bond acceptors (Lipinski definition) is 6. The summed E-state index contributed by atoms with van der Waals surface area (Å²) in [5.41, 5.74) is 3.88. The first-order chi connectivity index (χ1) is 13.7. The van der Waals surface area contributed by atoms with E-state index in [1.54, 1.807) is 24.5 Å². The Balaban J connectivity index is 1.65. The van der Waals surface area contributed by atoms with Crippen LogP contribution in [0.3, 0.4) is 0 Å². The van der Waals surface area contributed by atoms with Crippen LogP contribution < -0.4 is 10.1 Å². The minimum Gasteiger partial charge on any atom is -0.477 e. The number of aryl methyl sites for hydroxylation is 1. The van der Waals surface area contributed by atoms with Crippen LogP contribution in [0.4, 0.5) is 5.69 Å². The molecule has 0 bridgehead atoms. The molecule has 0 aliphatic rings. The highest BCUT2D eigenvalue weighted by Crippen LogP contribution is 2.31. The summed E-state index contributed by atoms with van der Waals surface area (Å²) in [5.74, 6) is 0.0660. The van der Waals surface area contributed by atoms with E-state index in [1.165, 1.54) is 11.3 Å². The third-order valence-electron chi connectivity index (χ3n) is 4.20. The van der Waals surface area contributed by atoms with Crippen molar-refractivity contribution >= 4 is 33.3 Å². The number of carbonyl (C=O) groups is 1. The lowest BCUT2D eigenvalue weighted by atomic mass is 10.1. The summed E-state index contributed by atoms with van der Waals surface area (Å²) < 4.78 is 5.47. The molecule has 3 aromatic heterocycles. The summed E-state index contributed by atoms with van der Waals surface area (Å²) in [6.45, 7) is 4.25. The molecule has 1 aromatic carbocycles. The Hall–Kier alpha value is -3.32. The standard InChI is InChI=1S/C21H18N4O2S/c1-3-27-19-15(6-4-10-22-19)18(26)24-17-12-14(9-8-13(17)2)20-25-16-7-5-11-23-21(16)28-20/h4-12H,3H2,1-2H3,(H,24,26). The SMILES string of the molecule is CCOc1ncccc1C(=O)Nc1cc(-c2nc3cccnc3s2)ccc1C. The van der Waals surface area contributed by atoms with E-state index in [4.69, 9.17) is 4.74 Å². The largest absolute Gasteiger partial charge is 0.477 e. The van der Waals surface area contributed by atoms with Gasteiger partial charge in [0.15, 0.2) is 0 Å². The number of rotatable bonds is 5. The Kier molecular flexibility index (Phi) is 4.99. The number of thiazole rings is 1. The lowest BCUT2D eigenvalue weighted by molar-refractivity contribution is 0.102. The maximum absolute atomic E-state index is 12.8. The number of fused-ring (bicyclic) bond motifs is 1. The van der Waals surface area contributed by atoms with Gasteiger partial charge in [-0.25, -0.2) is 15.0 Å². The molecule has 0 atom stereocenters. The molecular formula is C21H18N4O2S. The first-order valence-corrected chi connectivity index (χ1v) is 9.69. The van der Waals surface area contributed by atoms with Crippen molar-refractivity contribution in [3.05, 3.63) is 66.0 Å². The van der Waals surface area contributed by atoms with E-state index < -0.39 is 0 Å². The minimum atomic E-state index is -0.261. The number of pyridine rings is 2. The van der Waals surface area contributed by atoms with Crippen LogP contribution in [0.15, 0.2) is 54.9 Å². The molecule has 0 saturated heterocycles. The molecule has 0 spiro atoms. The van der Waals surface area contributed by atoms with Crippen molar-refractivity contribution in [2.75, 3.05) is 11.9 Å². The van der Waals surface area contributed by atoms with Gasteiger partial charge in [-0.3, -0.25) is 4.79 Å². The molecule has 28 heavy (non-hydrogen) atoms. The Morgan fingerprint density at radius 2 is 1.96 bits per heavy atom. The fraction of sp³-hybridized carbons (Fsp3) is 0.143. The Labute approximate surface area is 166 Å². The van der Waals surface area contributed by atoms with Crippen LogP contribution in [0.2, 0.25) is 0 Å². The topological polar surface area (TPSA) is 77.0 Å². The van der Waals surface area contributed by atoms with Crippen molar-refractivity contribution in [1.82, 2.24) is 15.0 Å². The number of ether oxygens (including phenoxy) is 1. The third kappa shape index (κ3) is 3.57. The number of nitrogens with one attached hydrogen (secondary N) is 1. The first-order valence-electron chi connectivity index (χ1n) is 8.87. The summed E-state index contributed by atoms with van der Waals surface area (Å²) in [6, 6.07) is 13.1. The molecule has 4 rings (SSSR count). The second-order valence-corrected chi connectivity index (χ2v) is 7.10. The van der Waals surface area contributed by atoms with E-state index >= 15 is 0 Å². The molecule has 140 valence electrons. The zero-order chi connectivity index (χ0) is 19.5. The highest BCUT2D eigenvalue weighted by Gasteiger charge is 2.15. The fourth-order valence-corrected chi connectivity index (χ4v) is 3.69. The van der Waals surface area contributed by atoms with Crippen LogP contribution in [-0.4, -0.2) is 27.5 Å². The van der Waals surface area contributed by atoms with E-state index in [-0.39, 0.29) is 5.91 Å². The maximum Gasteiger partial charge on any atom is 0.261 e. The second kappa shape index (κ2) is 7.74. The molecular weight excluding hydrogens is 372 g/mol. The molecule has 0 aliphatic heterocycles. The van der Waals surface area contributed by atoms with Crippen molar-refractivity contribution in [2.45, 2.75) is 13.8 Å². The highest BCUT2D eigenvalue weighted by molar-refractivity contribution is 7.21. The smallest absolute Gasteiger partial charge is 0.261 e. The van der Waals surface area contributed by atoms with Gasteiger partial charge in [0.2, 0.25) is 5.88 Å². The van der Waals surface area contributed by atoms with E-state index in [9.17, 15) is 4.79 Å². The van der Waals surface area contributed by atoms with Gasteiger partial charge in [-0.15, -0.1) is 0 Å². The van der Waals surface area contributed by atoms with E-state index in [0.717, 1.165) is 32.2 Å². The Bertz CT molecular complexity index is 1120. The van der Waals surface area contributed by atoms with Gasteiger partial charge in [0.25, 0.3) is 5.91 Å². The normalized spacial score (nSPS) is 10.8. The number of hydrogen-bond donors (Lipinski definition) is 1. The average Bonchev–Trinajstić information content (AvgIpc) is 3.14. The molecule has 6 nitrogen and oxygen atoms in total. The van der Waals surface area contributed by atoms with Gasteiger partial charge in [0, 0.05) is 23.6 Å². The fourth-order valence-electron chi connectivity index (χ4n) is 2.79. The molecule has 0 fully saturated rings. The van der Waals surface area contributed by atoms with Crippen LogP contribution in [0.25, 0.3) is 20.9 Å². The average molecular weight is 390 g/mol. The van der Waals surface area contributed by atoms with Crippen molar-refractivity contribution in [1.29, 1.82) is 0 Å². The van der Waals surface area contributed by atoms with Gasteiger partial charge in [-0.2, -0.15) is 0 Å². The summed E-state index contributed by atoms with van der Waals surface area (Å²) in [4.78, 5) is 26.8. The number of amides is 1. The molecule has 0 radical (unpaired) electrons. The lowest BCUT2D eigenvalue weighted by Gasteiger charge is -2.12. The molecule has 1 N–H and O–H groups in total. The summed E-state index contributed by atoms with van der Waals surface area (Å²) >= 11 is 1.52. The second-order valence-electron chi connectivity index (χ2n) is 6.12. The molecule has 7 heteroatoms. The van der Waals surface area contributed by atoms with Crippen LogP contribution in [-0.2, 0) is 0 Å². The van der Waals surface area contributed by atoms with E-state index in [1.807, 2.05) is 44.2 Å². The van der Waals surface area contributed by atoms with Crippen LogP contribution in [0.1, 0.15) is 22.8 Å². The summed E-state index contributed by atoms with van der Waals surface area (Å²) in [6.07, 6.45) is 3.36. The van der Waals surface area contributed by atoms with Crippen molar-refractivity contribution < 1.29 is 9.53 Å². The van der Waals surface area contributed by atoms with Gasteiger partial charge >= 0.3 is 0 Å². The molecule has 0 unspecified atom stereocenters. The van der Waals surface area contributed by atoms with Crippen molar-refractivity contribution in [3.8, 4) is 16.5 Å². The lowest BCUT2D eigenvalue weighted by Crippen LogP contribution is -2.15.